The Bertz CT molecular complexity index is 273. The first-order valence-corrected chi connectivity index (χ1v) is 6.55. The monoisotopic (exact) mass is 282 g/mol. The number of hydrogen-bond acceptors (Lipinski definition) is 8. The SMILES string of the molecule is COC(=O)CCS[C@@H]1O[C@H](CO)[C@@H](O)[C@H](O)[C@H]1O. The van der Waals surface area contributed by atoms with Gasteiger partial charge >= 0.3 is 5.97 Å². The van der Waals surface area contributed by atoms with E-state index in [0.29, 0.717) is 5.75 Å². The molecule has 0 saturated carbocycles. The molecule has 1 aliphatic rings. The van der Waals surface area contributed by atoms with Crippen LogP contribution >= 0.6 is 11.8 Å². The molecule has 0 bridgehead atoms. The highest BCUT2D eigenvalue weighted by Gasteiger charge is 2.43. The van der Waals surface area contributed by atoms with Crippen molar-refractivity contribution in [3.63, 3.8) is 0 Å². The summed E-state index contributed by atoms with van der Waals surface area (Å²) in [6.45, 7) is -0.459. The van der Waals surface area contributed by atoms with E-state index in [1.165, 1.54) is 7.11 Å². The lowest BCUT2D eigenvalue weighted by Crippen LogP contribution is -2.57. The van der Waals surface area contributed by atoms with Crippen LogP contribution in [0, 0.1) is 0 Å². The lowest BCUT2D eigenvalue weighted by Gasteiger charge is -2.39. The summed E-state index contributed by atoms with van der Waals surface area (Å²) < 4.78 is 9.71. The van der Waals surface area contributed by atoms with Gasteiger partial charge in [-0.2, -0.15) is 0 Å². The molecule has 1 saturated heterocycles. The minimum absolute atomic E-state index is 0.149. The standard InChI is InChI=1S/C10H18O7S/c1-16-6(12)2-3-18-10-9(15)8(14)7(13)5(4-11)17-10/h5,7-11,13-15H,2-4H2,1H3/t5-,7-,8+,9-,10+/m1/s1. The molecule has 0 aliphatic carbocycles. The number of carbonyl (C=O) groups excluding carboxylic acids is 1. The van der Waals surface area contributed by atoms with Gasteiger partial charge in [0.15, 0.2) is 0 Å². The van der Waals surface area contributed by atoms with E-state index in [9.17, 15) is 20.1 Å². The quantitative estimate of drug-likeness (QED) is 0.431. The summed E-state index contributed by atoms with van der Waals surface area (Å²) in [5.41, 5.74) is -0.801. The van der Waals surface area contributed by atoms with Gasteiger partial charge in [0.2, 0.25) is 0 Å². The van der Waals surface area contributed by atoms with E-state index in [2.05, 4.69) is 4.74 Å². The Morgan fingerprint density at radius 1 is 1.28 bits per heavy atom. The molecule has 0 spiro atoms. The third-order valence-electron chi connectivity index (χ3n) is 2.66. The van der Waals surface area contributed by atoms with Gasteiger partial charge < -0.3 is 29.9 Å². The highest BCUT2D eigenvalue weighted by molar-refractivity contribution is 7.99. The molecule has 0 unspecified atom stereocenters. The number of carbonyl (C=O) groups is 1. The Morgan fingerprint density at radius 2 is 1.94 bits per heavy atom. The number of aliphatic hydroxyl groups excluding tert-OH is 4. The van der Waals surface area contributed by atoms with Crippen LogP contribution in [0.15, 0.2) is 0 Å². The lowest BCUT2D eigenvalue weighted by atomic mass is 10.0. The normalized spacial score (nSPS) is 36.4. The van der Waals surface area contributed by atoms with E-state index in [-0.39, 0.29) is 12.4 Å². The minimum atomic E-state index is -1.38. The van der Waals surface area contributed by atoms with E-state index >= 15 is 0 Å². The van der Waals surface area contributed by atoms with Crippen molar-refractivity contribution in [2.24, 2.45) is 0 Å². The lowest BCUT2D eigenvalue weighted by molar-refractivity contribution is -0.205. The zero-order valence-electron chi connectivity index (χ0n) is 9.93. The number of thioether (sulfide) groups is 1. The Morgan fingerprint density at radius 3 is 2.50 bits per heavy atom. The van der Waals surface area contributed by atoms with Crippen LogP contribution in [-0.2, 0) is 14.3 Å². The molecule has 7 nitrogen and oxygen atoms in total. The van der Waals surface area contributed by atoms with Crippen molar-refractivity contribution in [1.29, 1.82) is 0 Å². The maximum absolute atomic E-state index is 10.9. The highest BCUT2D eigenvalue weighted by Crippen LogP contribution is 2.28. The van der Waals surface area contributed by atoms with Crippen LogP contribution in [-0.4, -0.2) is 75.7 Å². The smallest absolute Gasteiger partial charge is 0.306 e. The van der Waals surface area contributed by atoms with E-state index in [1.54, 1.807) is 0 Å². The van der Waals surface area contributed by atoms with E-state index in [4.69, 9.17) is 9.84 Å². The fourth-order valence-corrected chi connectivity index (χ4v) is 2.66. The summed E-state index contributed by atoms with van der Waals surface area (Å²) in [6.07, 6.45) is -4.78. The van der Waals surface area contributed by atoms with Crippen molar-refractivity contribution in [3.05, 3.63) is 0 Å². The third-order valence-corrected chi connectivity index (χ3v) is 3.82. The van der Waals surface area contributed by atoms with Crippen molar-refractivity contribution in [3.8, 4) is 0 Å². The zero-order chi connectivity index (χ0) is 13.7. The summed E-state index contributed by atoms with van der Waals surface area (Å²) in [6, 6.07) is 0. The van der Waals surface area contributed by atoms with Crippen LogP contribution in [0.2, 0.25) is 0 Å². The van der Waals surface area contributed by atoms with Crippen LogP contribution in [0.25, 0.3) is 0 Å². The molecule has 0 radical (unpaired) electrons. The summed E-state index contributed by atoms with van der Waals surface area (Å²) in [4.78, 5) is 10.9. The largest absolute Gasteiger partial charge is 0.469 e. The first-order valence-electron chi connectivity index (χ1n) is 5.50. The maximum atomic E-state index is 10.9. The van der Waals surface area contributed by atoms with Gasteiger partial charge in [-0.25, -0.2) is 0 Å². The molecule has 1 heterocycles. The Balaban J connectivity index is 2.46. The van der Waals surface area contributed by atoms with E-state index < -0.39 is 36.5 Å². The number of esters is 1. The first kappa shape index (κ1) is 15.7. The van der Waals surface area contributed by atoms with Crippen LogP contribution < -0.4 is 0 Å². The van der Waals surface area contributed by atoms with Crippen LogP contribution in [0.5, 0.6) is 0 Å². The number of methoxy groups -OCH3 is 1. The fraction of sp³-hybridized carbons (Fsp3) is 0.900. The Kier molecular flexibility index (Phi) is 6.33. The predicted octanol–water partition coefficient (Wildman–Crippen LogP) is -1.92. The Labute approximate surface area is 109 Å². The molecule has 1 fully saturated rings. The molecule has 1 rings (SSSR count). The molecule has 18 heavy (non-hydrogen) atoms. The van der Waals surface area contributed by atoms with Gasteiger partial charge in [0.1, 0.15) is 29.9 Å². The average Bonchev–Trinajstić information content (AvgIpc) is 2.38. The molecule has 106 valence electrons. The topological polar surface area (TPSA) is 116 Å². The third kappa shape index (κ3) is 3.81. The molecule has 0 aromatic carbocycles. The highest BCUT2D eigenvalue weighted by atomic mass is 32.2. The molecule has 0 aromatic heterocycles. The van der Waals surface area contributed by atoms with Gasteiger partial charge in [-0.1, -0.05) is 0 Å². The molecule has 1 aliphatic heterocycles. The van der Waals surface area contributed by atoms with Crippen molar-refractivity contribution in [2.75, 3.05) is 19.5 Å². The van der Waals surface area contributed by atoms with Gasteiger partial charge in [0, 0.05) is 5.75 Å². The molecule has 0 amide bonds. The number of rotatable bonds is 5. The summed E-state index contributed by atoms with van der Waals surface area (Å²) in [5.74, 6) is -0.0397. The van der Waals surface area contributed by atoms with Gasteiger partial charge in [0.25, 0.3) is 0 Å². The first-order chi connectivity index (χ1) is 8.51. The van der Waals surface area contributed by atoms with Crippen LogP contribution in [0.1, 0.15) is 6.42 Å². The molecule has 8 heteroatoms. The molecular weight excluding hydrogens is 264 g/mol. The Hall–Kier alpha value is -0.380. The molecule has 4 N–H and O–H groups in total. The van der Waals surface area contributed by atoms with E-state index in [0.717, 1.165) is 11.8 Å². The maximum Gasteiger partial charge on any atom is 0.306 e. The number of aliphatic hydroxyl groups is 4. The number of hydrogen-bond donors (Lipinski definition) is 4. The second-order valence-electron chi connectivity index (χ2n) is 3.89. The van der Waals surface area contributed by atoms with Crippen molar-refractivity contribution >= 4 is 17.7 Å². The van der Waals surface area contributed by atoms with Gasteiger partial charge in [-0.3, -0.25) is 4.79 Å². The molecular formula is C10H18O7S. The van der Waals surface area contributed by atoms with Crippen molar-refractivity contribution in [1.82, 2.24) is 0 Å². The van der Waals surface area contributed by atoms with Crippen molar-refractivity contribution < 1.29 is 34.7 Å². The van der Waals surface area contributed by atoms with Crippen LogP contribution in [0.3, 0.4) is 0 Å². The van der Waals surface area contributed by atoms with Gasteiger partial charge in [-0.05, 0) is 0 Å². The minimum Gasteiger partial charge on any atom is -0.469 e. The van der Waals surface area contributed by atoms with Gasteiger partial charge in [0.05, 0.1) is 20.1 Å². The molecule has 0 aromatic rings. The predicted molar refractivity (Wildman–Crippen MR) is 62.9 cm³/mol. The van der Waals surface area contributed by atoms with Crippen LogP contribution in [0.4, 0.5) is 0 Å². The molecule has 5 atom stereocenters. The summed E-state index contributed by atoms with van der Waals surface area (Å²) in [7, 11) is 1.28. The van der Waals surface area contributed by atoms with E-state index in [1.807, 2.05) is 0 Å². The summed E-state index contributed by atoms with van der Waals surface area (Å²) in [5, 5.41) is 37.7. The van der Waals surface area contributed by atoms with Gasteiger partial charge in [-0.15, -0.1) is 11.8 Å². The zero-order valence-corrected chi connectivity index (χ0v) is 10.7. The second kappa shape index (κ2) is 7.27. The fourth-order valence-electron chi connectivity index (χ4n) is 1.57. The number of ether oxygens (including phenoxy) is 2. The summed E-state index contributed by atoms with van der Waals surface area (Å²) >= 11 is 1.12. The average molecular weight is 282 g/mol. The second-order valence-corrected chi connectivity index (χ2v) is 5.10. The van der Waals surface area contributed by atoms with Crippen molar-refractivity contribution in [2.45, 2.75) is 36.3 Å².